The molecule has 0 aliphatic carbocycles. The molecule has 12 heteroatoms. The van der Waals surface area contributed by atoms with Crippen molar-refractivity contribution in [1.82, 2.24) is 10.4 Å². The van der Waals surface area contributed by atoms with Gasteiger partial charge in [0, 0.05) is 29.3 Å². The SMILES string of the molecule is COCc1c(Br)c(C)nc(OCC(=O)NN=Cc2ccc(OCc3ccc([N+](=O)[O-])cc3)cc2)c1C#N. The summed E-state index contributed by atoms with van der Waals surface area (Å²) in [7, 11) is 1.51. The number of aromatic nitrogens is 1. The molecule has 0 fully saturated rings. The molecule has 0 saturated heterocycles. The van der Waals surface area contributed by atoms with Crippen LogP contribution in [0.1, 0.15) is 27.9 Å². The number of carbonyl (C=O) groups excluding carboxylic acids is 1. The summed E-state index contributed by atoms with van der Waals surface area (Å²) < 4.78 is 16.9. The quantitative estimate of drug-likeness (QED) is 0.206. The lowest BCUT2D eigenvalue weighted by Gasteiger charge is -2.13. The number of aryl methyl sites for hydroxylation is 1. The van der Waals surface area contributed by atoms with Crippen molar-refractivity contribution in [3.8, 4) is 17.7 Å². The molecule has 0 atom stereocenters. The maximum absolute atomic E-state index is 12.1. The first-order valence-corrected chi connectivity index (χ1v) is 11.6. The van der Waals surface area contributed by atoms with Crippen molar-refractivity contribution in [1.29, 1.82) is 5.26 Å². The van der Waals surface area contributed by atoms with Gasteiger partial charge in [0.1, 0.15) is 24.0 Å². The number of hydrogen-bond donors (Lipinski definition) is 1. The zero-order chi connectivity index (χ0) is 26.8. The maximum Gasteiger partial charge on any atom is 0.278 e. The van der Waals surface area contributed by atoms with Gasteiger partial charge in [0.25, 0.3) is 11.6 Å². The summed E-state index contributed by atoms with van der Waals surface area (Å²) in [5, 5.41) is 24.1. The molecule has 2 aromatic carbocycles. The Hall–Kier alpha value is -4.34. The maximum atomic E-state index is 12.1. The number of hydrogen-bond acceptors (Lipinski definition) is 9. The minimum Gasteiger partial charge on any atom is -0.489 e. The molecule has 0 radical (unpaired) electrons. The number of nitrogens with zero attached hydrogens (tertiary/aromatic N) is 4. The number of amides is 1. The third-order valence-electron chi connectivity index (χ3n) is 4.94. The molecular weight excluding hydrogens is 546 g/mol. The minimum atomic E-state index is -0.529. The molecule has 0 saturated carbocycles. The Morgan fingerprint density at radius 2 is 1.89 bits per heavy atom. The standard InChI is InChI=1S/C25H22BrN5O6/c1-16-24(26)22(14-35-2)21(11-27)25(29-16)37-15-23(32)30-28-12-17-5-9-20(10-6-17)36-13-18-3-7-19(8-4-18)31(33)34/h3-10,12H,13-15H2,1-2H3,(H,30,32). The lowest BCUT2D eigenvalue weighted by molar-refractivity contribution is -0.384. The Morgan fingerprint density at radius 3 is 2.51 bits per heavy atom. The molecule has 1 amide bonds. The average Bonchev–Trinajstić information content (AvgIpc) is 2.90. The summed E-state index contributed by atoms with van der Waals surface area (Å²) in [6, 6.07) is 15.1. The van der Waals surface area contributed by atoms with Gasteiger partial charge in [-0.05, 0) is 70.4 Å². The second kappa shape index (κ2) is 13.1. The topological polar surface area (TPSA) is 149 Å². The smallest absolute Gasteiger partial charge is 0.278 e. The van der Waals surface area contributed by atoms with Gasteiger partial charge in [-0.2, -0.15) is 10.4 Å². The number of nitriles is 1. The van der Waals surface area contributed by atoms with E-state index in [1.54, 1.807) is 43.3 Å². The largest absolute Gasteiger partial charge is 0.489 e. The summed E-state index contributed by atoms with van der Waals surface area (Å²) in [4.78, 5) is 26.6. The van der Waals surface area contributed by atoms with E-state index < -0.39 is 10.8 Å². The highest BCUT2D eigenvalue weighted by Crippen LogP contribution is 2.30. The van der Waals surface area contributed by atoms with E-state index in [9.17, 15) is 20.2 Å². The molecule has 1 N–H and O–H groups in total. The second-order valence-corrected chi connectivity index (χ2v) is 8.37. The van der Waals surface area contributed by atoms with Gasteiger partial charge in [-0.3, -0.25) is 14.9 Å². The summed E-state index contributed by atoms with van der Waals surface area (Å²) >= 11 is 3.40. The zero-order valence-corrected chi connectivity index (χ0v) is 21.5. The van der Waals surface area contributed by atoms with Crippen LogP contribution in [0.2, 0.25) is 0 Å². The van der Waals surface area contributed by atoms with Crippen molar-refractivity contribution < 1.29 is 23.9 Å². The van der Waals surface area contributed by atoms with Gasteiger partial charge in [0.05, 0.1) is 23.4 Å². The number of carbonyl (C=O) groups is 1. The van der Waals surface area contributed by atoms with Crippen LogP contribution < -0.4 is 14.9 Å². The summed E-state index contributed by atoms with van der Waals surface area (Å²) in [5.41, 5.74) is 5.27. The molecule has 0 aliphatic heterocycles. The molecule has 0 bridgehead atoms. The van der Waals surface area contributed by atoms with E-state index in [0.717, 1.165) is 5.56 Å². The monoisotopic (exact) mass is 567 g/mol. The third-order valence-corrected chi connectivity index (χ3v) is 6.00. The van der Waals surface area contributed by atoms with Gasteiger partial charge < -0.3 is 14.2 Å². The predicted octanol–water partition coefficient (Wildman–Crippen LogP) is 4.19. The molecule has 0 aliphatic rings. The first-order chi connectivity index (χ1) is 17.8. The van der Waals surface area contributed by atoms with Crippen LogP contribution in [0.25, 0.3) is 0 Å². The Labute approximate surface area is 221 Å². The fourth-order valence-electron chi connectivity index (χ4n) is 3.09. The van der Waals surface area contributed by atoms with E-state index in [0.29, 0.717) is 27.0 Å². The van der Waals surface area contributed by atoms with Crippen molar-refractivity contribution in [3.05, 3.63) is 91.1 Å². The third kappa shape index (κ3) is 7.57. The predicted molar refractivity (Wildman–Crippen MR) is 137 cm³/mol. The first-order valence-electron chi connectivity index (χ1n) is 10.8. The van der Waals surface area contributed by atoms with Gasteiger partial charge in [0.2, 0.25) is 5.88 Å². The van der Waals surface area contributed by atoms with Gasteiger partial charge in [-0.15, -0.1) is 0 Å². The number of nitrogens with one attached hydrogen (secondary N) is 1. The first kappa shape index (κ1) is 27.3. The number of halogens is 1. The van der Waals surface area contributed by atoms with Gasteiger partial charge >= 0.3 is 0 Å². The van der Waals surface area contributed by atoms with Crippen LogP contribution in [0.5, 0.6) is 11.6 Å². The second-order valence-electron chi connectivity index (χ2n) is 7.58. The van der Waals surface area contributed by atoms with Crippen molar-refractivity contribution in [2.45, 2.75) is 20.1 Å². The fourth-order valence-corrected chi connectivity index (χ4v) is 3.49. The number of non-ortho nitro benzene ring substituents is 1. The number of nitro benzene ring substituents is 1. The van der Waals surface area contributed by atoms with E-state index >= 15 is 0 Å². The number of ether oxygens (including phenoxy) is 3. The van der Waals surface area contributed by atoms with Crippen molar-refractivity contribution in [2.75, 3.05) is 13.7 Å². The Kier molecular flexibility index (Phi) is 9.65. The van der Waals surface area contributed by atoms with Crippen molar-refractivity contribution in [2.24, 2.45) is 5.10 Å². The lowest BCUT2D eigenvalue weighted by atomic mass is 10.1. The molecule has 37 heavy (non-hydrogen) atoms. The van der Waals surface area contributed by atoms with E-state index in [4.69, 9.17) is 14.2 Å². The van der Waals surface area contributed by atoms with Crippen LogP contribution in [0.4, 0.5) is 5.69 Å². The molecule has 1 aromatic heterocycles. The Bertz CT molecular complexity index is 1340. The number of hydrazone groups is 1. The highest BCUT2D eigenvalue weighted by Gasteiger charge is 2.18. The Balaban J connectivity index is 1.50. The van der Waals surface area contributed by atoms with Crippen LogP contribution in [0, 0.1) is 28.4 Å². The summed E-state index contributed by atoms with van der Waals surface area (Å²) in [6.45, 7) is 1.80. The van der Waals surface area contributed by atoms with Crippen molar-refractivity contribution in [3.63, 3.8) is 0 Å². The number of methoxy groups -OCH3 is 1. The van der Waals surface area contributed by atoms with Crippen LogP contribution in [0.3, 0.4) is 0 Å². The molecule has 3 aromatic rings. The average molecular weight is 568 g/mol. The molecule has 0 unspecified atom stereocenters. The Morgan fingerprint density at radius 1 is 1.19 bits per heavy atom. The van der Waals surface area contributed by atoms with Crippen LogP contribution in [-0.2, 0) is 22.7 Å². The molecule has 190 valence electrons. The highest BCUT2D eigenvalue weighted by molar-refractivity contribution is 9.10. The van der Waals surface area contributed by atoms with Crippen LogP contribution in [0.15, 0.2) is 58.1 Å². The van der Waals surface area contributed by atoms with Gasteiger partial charge in [0.15, 0.2) is 6.61 Å². The van der Waals surface area contributed by atoms with Gasteiger partial charge in [-0.25, -0.2) is 10.4 Å². The zero-order valence-electron chi connectivity index (χ0n) is 19.9. The summed E-state index contributed by atoms with van der Waals surface area (Å²) in [6.07, 6.45) is 1.46. The number of pyridine rings is 1. The minimum absolute atomic E-state index is 0.0225. The van der Waals surface area contributed by atoms with E-state index in [1.807, 2.05) is 6.07 Å². The van der Waals surface area contributed by atoms with E-state index in [1.165, 1.54) is 25.5 Å². The fraction of sp³-hybridized carbons (Fsp3) is 0.200. The van der Waals surface area contributed by atoms with Crippen molar-refractivity contribution >= 4 is 33.7 Å². The lowest BCUT2D eigenvalue weighted by Crippen LogP contribution is -2.25. The summed E-state index contributed by atoms with van der Waals surface area (Å²) in [5.74, 6) is 0.115. The van der Waals surface area contributed by atoms with E-state index in [-0.39, 0.29) is 37.0 Å². The number of rotatable bonds is 11. The number of nitro groups is 1. The van der Waals surface area contributed by atoms with Gasteiger partial charge in [-0.1, -0.05) is 0 Å². The highest BCUT2D eigenvalue weighted by atomic mass is 79.9. The molecule has 0 spiro atoms. The molecule has 11 nitrogen and oxygen atoms in total. The van der Waals surface area contributed by atoms with Crippen LogP contribution in [-0.4, -0.2) is 35.7 Å². The number of benzene rings is 2. The molecule has 1 heterocycles. The van der Waals surface area contributed by atoms with E-state index in [2.05, 4.69) is 31.4 Å². The normalized spacial score (nSPS) is 10.6. The molecule has 3 rings (SSSR count). The molecular formula is C25H22BrN5O6. The van der Waals surface area contributed by atoms with Crippen LogP contribution >= 0.6 is 15.9 Å².